The van der Waals surface area contributed by atoms with Crippen molar-refractivity contribution in [2.75, 3.05) is 7.11 Å². The number of hydrogen-bond donors (Lipinski definition) is 2. The van der Waals surface area contributed by atoms with E-state index in [9.17, 15) is 13.2 Å². The van der Waals surface area contributed by atoms with E-state index in [-0.39, 0.29) is 17.2 Å². The van der Waals surface area contributed by atoms with Crippen molar-refractivity contribution in [3.63, 3.8) is 0 Å². The Hall–Kier alpha value is -1.12. The van der Waals surface area contributed by atoms with Gasteiger partial charge in [-0.15, -0.1) is 0 Å². The smallest absolute Gasteiger partial charge is 0.321 e. The summed E-state index contributed by atoms with van der Waals surface area (Å²) in [6, 6.07) is 3.20. The van der Waals surface area contributed by atoms with Crippen molar-refractivity contribution in [2.24, 2.45) is 5.92 Å². The maximum absolute atomic E-state index is 12.3. The second-order valence-corrected chi connectivity index (χ2v) is 7.47. The molecule has 0 unspecified atom stereocenters. The predicted molar refractivity (Wildman–Crippen MR) is 81.9 cm³/mol. The van der Waals surface area contributed by atoms with Crippen LogP contribution in [0.1, 0.15) is 20.3 Å². The van der Waals surface area contributed by atoms with Gasteiger partial charge in [-0.25, -0.2) is 8.42 Å². The Morgan fingerprint density at radius 3 is 2.48 bits per heavy atom. The minimum atomic E-state index is -3.94. The summed E-state index contributed by atoms with van der Waals surface area (Å²) in [4.78, 5) is 11.1. The van der Waals surface area contributed by atoms with Crippen LogP contribution in [0.2, 0.25) is 0 Å². The maximum Gasteiger partial charge on any atom is 0.321 e. The highest BCUT2D eigenvalue weighted by atomic mass is 79.9. The molecule has 1 aromatic rings. The molecule has 0 saturated carbocycles. The number of nitrogens with one attached hydrogen (secondary N) is 1. The molecular formula is C13H18BrNO5S. The van der Waals surface area contributed by atoms with Gasteiger partial charge in [0.05, 0.1) is 12.0 Å². The molecule has 8 heteroatoms. The van der Waals surface area contributed by atoms with Crippen LogP contribution in [0.15, 0.2) is 27.6 Å². The molecule has 1 atom stereocenters. The molecule has 0 amide bonds. The third-order valence-corrected chi connectivity index (χ3v) is 5.18. The molecule has 6 nitrogen and oxygen atoms in total. The number of carboxylic acid groups (broad SMARTS) is 1. The van der Waals surface area contributed by atoms with Gasteiger partial charge in [0.1, 0.15) is 11.8 Å². The fraction of sp³-hybridized carbons (Fsp3) is 0.462. The summed E-state index contributed by atoms with van der Waals surface area (Å²) in [6.07, 6.45) is 0.211. The second kappa shape index (κ2) is 7.24. The van der Waals surface area contributed by atoms with Crippen molar-refractivity contribution in [2.45, 2.75) is 31.2 Å². The van der Waals surface area contributed by atoms with Crippen molar-refractivity contribution < 1.29 is 23.1 Å². The van der Waals surface area contributed by atoms with Crippen molar-refractivity contribution in [1.82, 2.24) is 4.72 Å². The van der Waals surface area contributed by atoms with E-state index in [1.54, 1.807) is 0 Å². The van der Waals surface area contributed by atoms with Crippen molar-refractivity contribution in [1.29, 1.82) is 0 Å². The first-order chi connectivity index (χ1) is 9.67. The molecule has 0 aliphatic heterocycles. The zero-order valence-electron chi connectivity index (χ0n) is 12.0. The minimum absolute atomic E-state index is 0.0293. The SMILES string of the molecule is COc1ccc(S(=O)(=O)N[C@@H](CC(C)C)C(=O)O)c(Br)c1. The molecule has 21 heavy (non-hydrogen) atoms. The summed E-state index contributed by atoms with van der Waals surface area (Å²) in [7, 11) is -2.47. The quantitative estimate of drug-likeness (QED) is 0.757. The van der Waals surface area contributed by atoms with Gasteiger partial charge >= 0.3 is 5.97 Å². The Balaban J connectivity index is 3.07. The molecule has 0 aromatic heterocycles. The zero-order chi connectivity index (χ0) is 16.2. The van der Waals surface area contributed by atoms with E-state index in [1.165, 1.54) is 25.3 Å². The summed E-state index contributed by atoms with van der Waals surface area (Å²) in [5.41, 5.74) is 0. The largest absolute Gasteiger partial charge is 0.497 e. The lowest BCUT2D eigenvalue weighted by Crippen LogP contribution is -2.41. The van der Waals surface area contributed by atoms with Crippen molar-refractivity contribution in [3.8, 4) is 5.75 Å². The molecule has 0 aliphatic rings. The fourth-order valence-corrected chi connectivity index (χ4v) is 4.01. The monoisotopic (exact) mass is 379 g/mol. The Morgan fingerprint density at radius 2 is 2.05 bits per heavy atom. The molecule has 0 fully saturated rings. The topological polar surface area (TPSA) is 92.7 Å². The lowest BCUT2D eigenvalue weighted by Gasteiger charge is -2.17. The molecule has 0 saturated heterocycles. The number of sulfonamides is 1. The summed E-state index contributed by atoms with van der Waals surface area (Å²) in [5.74, 6) is -0.650. The average molecular weight is 380 g/mol. The maximum atomic E-state index is 12.3. The van der Waals surface area contributed by atoms with Gasteiger partial charge in [0, 0.05) is 4.47 Å². The number of halogens is 1. The molecule has 0 radical (unpaired) electrons. The van der Waals surface area contributed by atoms with Gasteiger partial charge in [-0.05, 0) is 46.5 Å². The van der Waals surface area contributed by atoms with Crippen LogP contribution in [0.3, 0.4) is 0 Å². The molecule has 0 bridgehead atoms. The van der Waals surface area contributed by atoms with Gasteiger partial charge in [-0.2, -0.15) is 4.72 Å². The fourth-order valence-electron chi connectivity index (χ4n) is 1.75. The van der Waals surface area contributed by atoms with Crippen molar-refractivity contribution in [3.05, 3.63) is 22.7 Å². The van der Waals surface area contributed by atoms with Crippen molar-refractivity contribution >= 4 is 31.9 Å². The molecule has 1 aromatic carbocycles. The lowest BCUT2D eigenvalue weighted by atomic mass is 10.1. The standard InChI is InChI=1S/C13H18BrNO5S/c1-8(2)6-11(13(16)17)15-21(18,19)12-5-4-9(20-3)7-10(12)14/h4-5,7-8,11,15H,6H2,1-3H3,(H,16,17)/t11-/m0/s1. The number of hydrogen-bond acceptors (Lipinski definition) is 4. The van der Waals surface area contributed by atoms with Crippen LogP contribution < -0.4 is 9.46 Å². The van der Waals surface area contributed by atoms with Gasteiger partial charge in [0.15, 0.2) is 0 Å². The number of carbonyl (C=O) groups is 1. The van der Waals surface area contributed by atoms with Crippen LogP contribution in [0.5, 0.6) is 5.75 Å². The Morgan fingerprint density at radius 1 is 1.43 bits per heavy atom. The predicted octanol–water partition coefficient (Wildman–Crippen LogP) is 2.24. The second-order valence-electron chi connectivity index (χ2n) is 4.94. The van der Waals surface area contributed by atoms with Gasteiger partial charge < -0.3 is 9.84 Å². The molecule has 2 N–H and O–H groups in total. The number of benzene rings is 1. The van der Waals surface area contributed by atoms with Gasteiger partial charge in [-0.3, -0.25) is 4.79 Å². The number of aliphatic carboxylic acids is 1. The van der Waals surface area contributed by atoms with Crippen LogP contribution >= 0.6 is 15.9 Å². The van der Waals surface area contributed by atoms with Gasteiger partial charge in [0.25, 0.3) is 0 Å². The highest BCUT2D eigenvalue weighted by Crippen LogP contribution is 2.26. The van der Waals surface area contributed by atoms with Crippen LogP contribution in [-0.4, -0.2) is 32.6 Å². The summed E-state index contributed by atoms with van der Waals surface area (Å²) in [6.45, 7) is 3.65. The van der Waals surface area contributed by atoms with E-state index in [1.807, 2.05) is 13.8 Å². The Labute approximate surface area is 132 Å². The molecule has 0 spiro atoms. The van der Waals surface area contributed by atoms with Gasteiger partial charge in [-0.1, -0.05) is 13.8 Å². The first-order valence-corrected chi connectivity index (χ1v) is 8.53. The zero-order valence-corrected chi connectivity index (χ0v) is 14.4. The summed E-state index contributed by atoms with van der Waals surface area (Å²) < 4.78 is 32.1. The number of ether oxygens (including phenoxy) is 1. The van der Waals surface area contributed by atoms with Crippen LogP contribution in [0, 0.1) is 5.92 Å². The molecule has 0 aliphatic carbocycles. The summed E-state index contributed by atoms with van der Waals surface area (Å²) in [5, 5.41) is 9.13. The molecule has 1 rings (SSSR count). The minimum Gasteiger partial charge on any atom is -0.497 e. The molecule has 118 valence electrons. The lowest BCUT2D eigenvalue weighted by molar-refractivity contribution is -0.139. The Kier molecular flexibility index (Phi) is 6.18. The van der Waals surface area contributed by atoms with E-state index in [0.29, 0.717) is 10.2 Å². The third-order valence-electron chi connectivity index (χ3n) is 2.73. The highest BCUT2D eigenvalue weighted by molar-refractivity contribution is 9.10. The van der Waals surface area contributed by atoms with E-state index in [0.717, 1.165) is 0 Å². The normalized spacial score (nSPS) is 13.2. The number of carboxylic acids is 1. The van der Waals surface area contributed by atoms with E-state index >= 15 is 0 Å². The van der Waals surface area contributed by atoms with Gasteiger partial charge in [0.2, 0.25) is 10.0 Å². The van der Waals surface area contributed by atoms with E-state index in [2.05, 4.69) is 20.7 Å². The summed E-state index contributed by atoms with van der Waals surface area (Å²) >= 11 is 3.15. The van der Waals surface area contributed by atoms with E-state index < -0.39 is 22.0 Å². The van der Waals surface area contributed by atoms with Crippen LogP contribution in [0.4, 0.5) is 0 Å². The first kappa shape index (κ1) is 17.9. The number of methoxy groups -OCH3 is 1. The average Bonchev–Trinajstić information content (AvgIpc) is 2.36. The Bertz CT molecular complexity index is 615. The van der Waals surface area contributed by atoms with E-state index in [4.69, 9.17) is 9.84 Å². The molecular weight excluding hydrogens is 362 g/mol. The van der Waals surface area contributed by atoms with Crippen LogP contribution in [-0.2, 0) is 14.8 Å². The molecule has 0 heterocycles. The van der Waals surface area contributed by atoms with Crippen LogP contribution in [0.25, 0.3) is 0 Å². The highest BCUT2D eigenvalue weighted by Gasteiger charge is 2.27. The number of rotatable bonds is 7. The third kappa shape index (κ3) is 4.98. The first-order valence-electron chi connectivity index (χ1n) is 6.26.